The predicted octanol–water partition coefficient (Wildman–Crippen LogP) is 0.438. The third kappa shape index (κ3) is 2.43. The van der Waals surface area contributed by atoms with Gasteiger partial charge < -0.3 is 14.2 Å². The molecule has 2 atom stereocenters. The molecule has 2 fully saturated rings. The van der Waals surface area contributed by atoms with Gasteiger partial charge in [-0.15, -0.1) is 0 Å². The molecule has 0 aromatic heterocycles. The summed E-state index contributed by atoms with van der Waals surface area (Å²) in [5, 5.41) is 0. The molecule has 0 bridgehead atoms. The van der Waals surface area contributed by atoms with E-state index in [0.29, 0.717) is 12.0 Å². The Hall–Kier alpha value is -0.120. The SMILES string of the molecule is C1CC(COCC2CO2)CO1. The molecule has 2 heterocycles. The molecule has 0 radical (unpaired) electrons. The lowest BCUT2D eigenvalue weighted by Gasteiger charge is -2.06. The van der Waals surface area contributed by atoms with E-state index in [0.717, 1.165) is 39.5 Å². The van der Waals surface area contributed by atoms with Crippen LogP contribution in [-0.2, 0) is 14.2 Å². The van der Waals surface area contributed by atoms with E-state index >= 15 is 0 Å². The molecule has 3 nitrogen and oxygen atoms in total. The van der Waals surface area contributed by atoms with Crippen LogP contribution in [-0.4, -0.2) is 39.1 Å². The molecule has 2 aliphatic rings. The van der Waals surface area contributed by atoms with E-state index in [2.05, 4.69) is 0 Å². The average molecular weight is 158 g/mol. The minimum atomic E-state index is 0.400. The summed E-state index contributed by atoms with van der Waals surface area (Å²) in [5.74, 6) is 0.633. The lowest BCUT2D eigenvalue weighted by Crippen LogP contribution is -2.12. The lowest BCUT2D eigenvalue weighted by atomic mass is 10.1. The van der Waals surface area contributed by atoms with Gasteiger partial charge in [0.1, 0.15) is 6.10 Å². The maximum Gasteiger partial charge on any atom is 0.104 e. The number of epoxide rings is 1. The summed E-state index contributed by atoms with van der Waals surface area (Å²) in [6.07, 6.45) is 1.56. The highest BCUT2D eigenvalue weighted by atomic mass is 16.6. The third-order valence-electron chi connectivity index (χ3n) is 2.08. The van der Waals surface area contributed by atoms with Gasteiger partial charge in [0, 0.05) is 12.5 Å². The molecule has 0 aromatic carbocycles. The fourth-order valence-electron chi connectivity index (χ4n) is 1.25. The second-order valence-electron chi connectivity index (χ2n) is 3.22. The summed E-state index contributed by atoms with van der Waals surface area (Å²) in [6, 6.07) is 0. The van der Waals surface area contributed by atoms with Crippen molar-refractivity contribution >= 4 is 0 Å². The Kier molecular flexibility index (Phi) is 2.41. The van der Waals surface area contributed by atoms with Crippen molar-refractivity contribution in [3.05, 3.63) is 0 Å². The van der Waals surface area contributed by atoms with Crippen molar-refractivity contribution in [2.24, 2.45) is 5.92 Å². The van der Waals surface area contributed by atoms with Crippen LogP contribution in [0.3, 0.4) is 0 Å². The molecule has 2 rings (SSSR count). The monoisotopic (exact) mass is 158 g/mol. The Morgan fingerprint density at radius 3 is 2.82 bits per heavy atom. The third-order valence-corrected chi connectivity index (χ3v) is 2.08. The van der Waals surface area contributed by atoms with Gasteiger partial charge in [-0.2, -0.15) is 0 Å². The van der Waals surface area contributed by atoms with Crippen LogP contribution >= 0.6 is 0 Å². The van der Waals surface area contributed by atoms with Crippen LogP contribution in [0, 0.1) is 5.92 Å². The molecular formula is C8H14O3. The van der Waals surface area contributed by atoms with Crippen LogP contribution in [0.4, 0.5) is 0 Å². The molecule has 0 saturated carbocycles. The van der Waals surface area contributed by atoms with Gasteiger partial charge >= 0.3 is 0 Å². The number of hydrogen-bond acceptors (Lipinski definition) is 3. The lowest BCUT2D eigenvalue weighted by molar-refractivity contribution is 0.0787. The van der Waals surface area contributed by atoms with Gasteiger partial charge in [0.2, 0.25) is 0 Å². The Labute approximate surface area is 66.6 Å². The summed E-state index contributed by atoms with van der Waals surface area (Å²) in [7, 11) is 0. The quantitative estimate of drug-likeness (QED) is 0.556. The van der Waals surface area contributed by atoms with E-state index in [1.165, 1.54) is 0 Å². The first-order valence-electron chi connectivity index (χ1n) is 4.22. The van der Waals surface area contributed by atoms with E-state index < -0.39 is 0 Å². The van der Waals surface area contributed by atoms with Crippen LogP contribution in [0.15, 0.2) is 0 Å². The fraction of sp³-hybridized carbons (Fsp3) is 1.00. The Morgan fingerprint density at radius 2 is 2.18 bits per heavy atom. The molecule has 3 heteroatoms. The van der Waals surface area contributed by atoms with Crippen LogP contribution in [0.25, 0.3) is 0 Å². The molecule has 0 amide bonds. The first-order valence-corrected chi connectivity index (χ1v) is 4.22. The summed E-state index contributed by atoms with van der Waals surface area (Å²) < 4.78 is 15.7. The summed E-state index contributed by atoms with van der Waals surface area (Å²) >= 11 is 0. The van der Waals surface area contributed by atoms with E-state index in [-0.39, 0.29) is 0 Å². The zero-order chi connectivity index (χ0) is 7.52. The van der Waals surface area contributed by atoms with Crippen molar-refractivity contribution in [1.29, 1.82) is 0 Å². The van der Waals surface area contributed by atoms with Crippen LogP contribution in [0.1, 0.15) is 6.42 Å². The molecule has 2 saturated heterocycles. The molecule has 11 heavy (non-hydrogen) atoms. The topological polar surface area (TPSA) is 31.0 Å². The fourth-order valence-corrected chi connectivity index (χ4v) is 1.25. The van der Waals surface area contributed by atoms with Gasteiger partial charge in [-0.3, -0.25) is 0 Å². The zero-order valence-corrected chi connectivity index (χ0v) is 6.62. The molecule has 0 spiro atoms. The Bertz CT molecular complexity index is 117. The molecule has 0 N–H and O–H groups in total. The highest BCUT2D eigenvalue weighted by Gasteiger charge is 2.23. The molecular weight excluding hydrogens is 144 g/mol. The summed E-state index contributed by atoms with van der Waals surface area (Å²) in [4.78, 5) is 0. The van der Waals surface area contributed by atoms with E-state index in [1.807, 2.05) is 0 Å². The van der Waals surface area contributed by atoms with Gasteiger partial charge in [0.05, 0.1) is 26.4 Å². The van der Waals surface area contributed by atoms with Gasteiger partial charge in [0.25, 0.3) is 0 Å². The number of ether oxygens (including phenoxy) is 3. The van der Waals surface area contributed by atoms with Crippen molar-refractivity contribution in [2.45, 2.75) is 12.5 Å². The second-order valence-corrected chi connectivity index (χ2v) is 3.22. The molecule has 2 unspecified atom stereocenters. The predicted molar refractivity (Wildman–Crippen MR) is 39.5 cm³/mol. The van der Waals surface area contributed by atoms with Gasteiger partial charge in [-0.25, -0.2) is 0 Å². The van der Waals surface area contributed by atoms with Crippen LogP contribution in [0.5, 0.6) is 0 Å². The first kappa shape index (κ1) is 7.53. The van der Waals surface area contributed by atoms with Gasteiger partial charge in [-0.05, 0) is 6.42 Å². The smallest absolute Gasteiger partial charge is 0.104 e. The maximum absolute atomic E-state index is 5.44. The minimum Gasteiger partial charge on any atom is -0.381 e. The van der Waals surface area contributed by atoms with Crippen molar-refractivity contribution in [3.63, 3.8) is 0 Å². The first-order chi connectivity index (χ1) is 5.45. The molecule has 2 aliphatic heterocycles. The standard InChI is InChI=1S/C8H14O3/c1-2-9-3-7(1)4-10-5-8-6-11-8/h7-8H,1-6H2. The van der Waals surface area contributed by atoms with Crippen LogP contribution in [0.2, 0.25) is 0 Å². The van der Waals surface area contributed by atoms with E-state index in [9.17, 15) is 0 Å². The Morgan fingerprint density at radius 1 is 1.27 bits per heavy atom. The van der Waals surface area contributed by atoms with Crippen molar-refractivity contribution < 1.29 is 14.2 Å². The van der Waals surface area contributed by atoms with E-state index in [4.69, 9.17) is 14.2 Å². The normalized spacial score (nSPS) is 36.0. The summed E-state index contributed by atoms with van der Waals surface area (Å²) in [5.41, 5.74) is 0. The number of hydrogen-bond donors (Lipinski definition) is 0. The number of rotatable bonds is 4. The molecule has 0 aromatic rings. The summed E-state index contributed by atoms with van der Waals surface area (Å²) in [6.45, 7) is 4.30. The van der Waals surface area contributed by atoms with Crippen molar-refractivity contribution in [2.75, 3.05) is 33.0 Å². The maximum atomic E-state index is 5.44. The zero-order valence-electron chi connectivity index (χ0n) is 6.62. The van der Waals surface area contributed by atoms with E-state index in [1.54, 1.807) is 0 Å². The average Bonchev–Trinajstić information content (AvgIpc) is 2.66. The Balaban J connectivity index is 1.51. The van der Waals surface area contributed by atoms with Crippen LogP contribution < -0.4 is 0 Å². The highest BCUT2D eigenvalue weighted by molar-refractivity contribution is 4.68. The van der Waals surface area contributed by atoms with Crippen molar-refractivity contribution in [1.82, 2.24) is 0 Å². The van der Waals surface area contributed by atoms with Gasteiger partial charge in [-0.1, -0.05) is 0 Å². The van der Waals surface area contributed by atoms with Gasteiger partial charge in [0.15, 0.2) is 0 Å². The molecule has 64 valence electrons. The largest absolute Gasteiger partial charge is 0.381 e. The minimum absolute atomic E-state index is 0.400. The molecule has 0 aliphatic carbocycles. The van der Waals surface area contributed by atoms with Crippen molar-refractivity contribution in [3.8, 4) is 0 Å². The second kappa shape index (κ2) is 3.52. The highest BCUT2D eigenvalue weighted by Crippen LogP contribution is 2.14.